The van der Waals surface area contributed by atoms with Crippen LogP contribution in [-0.2, 0) is 9.47 Å². The number of ether oxygens (including phenoxy) is 2. The van der Waals surface area contributed by atoms with Crippen LogP contribution >= 0.6 is 0 Å². The van der Waals surface area contributed by atoms with Crippen molar-refractivity contribution in [2.75, 3.05) is 13.9 Å². The van der Waals surface area contributed by atoms with Gasteiger partial charge in [-0.15, -0.1) is 0 Å². The lowest BCUT2D eigenvalue weighted by molar-refractivity contribution is -0.0125. The summed E-state index contributed by atoms with van der Waals surface area (Å²) in [7, 11) is 1.47. The lowest BCUT2D eigenvalue weighted by Crippen LogP contribution is -2.07. The van der Waals surface area contributed by atoms with Crippen LogP contribution in [0.3, 0.4) is 0 Å². The van der Waals surface area contributed by atoms with Crippen LogP contribution in [0.4, 0.5) is 0 Å². The van der Waals surface area contributed by atoms with Gasteiger partial charge >= 0.3 is 5.97 Å². The number of hydrogen-bond acceptors (Lipinski definition) is 4. The van der Waals surface area contributed by atoms with E-state index < -0.39 is 5.97 Å². The zero-order chi connectivity index (χ0) is 19.2. The van der Waals surface area contributed by atoms with Crippen molar-refractivity contribution >= 4 is 11.8 Å². The Kier molecular flexibility index (Phi) is 5.79. The van der Waals surface area contributed by atoms with Gasteiger partial charge in [-0.05, 0) is 41.3 Å². The van der Waals surface area contributed by atoms with Crippen LogP contribution in [-0.4, -0.2) is 25.7 Å². The van der Waals surface area contributed by atoms with Crippen LogP contribution in [0.25, 0.3) is 22.3 Å². The normalized spacial score (nSPS) is 10.4. The summed E-state index contributed by atoms with van der Waals surface area (Å²) in [6.45, 7) is 1.50. The van der Waals surface area contributed by atoms with E-state index in [0.29, 0.717) is 11.1 Å². The molecule has 4 heteroatoms. The van der Waals surface area contributed by atoms with Crippen molar-refractivity contribution in [2.45, 2.75) is 6.92 Å². The molecular weight excluding hydrogens is 340 g/mol. The molecule has 0 spiro atoms. The highest BCUT2D eigenvalue weighted by Crippen LogP contribution is 2.25. The molecule has 0 N–H and O–H groups in total. The first-order chi connectivity index (χ1) is 13.1. The second-order valence-electron chi connectivity index (χ2n) is 6.13. The Labute approximate surface area is 158 Å². The summed E-state index contributed by atoms with van der Waals surface area (Å²) < 4.78 is 9.66. The Morgan fingerprint density at radius 3 is 1.41 bits per heavy atom. The fraction of sp³-hybridized carbons (Fsp3) is 0.130. The van der Waals surface area contributed by atoms with Gasteiger partial charge < -0.3 is 9.47 Å². The molecule has 0 unspecified atom stereocenters. The highest BCUT2D eigenvalue weighted by molar-refractivity contribution is 5.94. The van der Waals surface area contributed by atoms with E-state index in [9.17, 15) is 9.59 Å². The number of benzene rings is 3. The first kappa shape index (κ1) is 18.5. The van der Waals surface area contributed by atoms with Gasteiger partial charge in [0.2, 0.25) is 0 Å². The summed E-state index contributed by atoms with van der Waals surface area (Å²) in [6, 6.07) is 23.0. The molecule has 4 nitrogen and oxygen atoms in total. The Morgan fingerprint density at radius 1 is 0.667 bits per heavy atom. The molecule has 0 bridgehead atoms. The van der Waals surface area contributed by atoms with Crippen molar-refractivity contribution in [1.82, 2.24) is 0 Å². The van der Waals surface area contributed by atoms with Crippen LogP contribution in [0.1, 0.15) is 27.6 Å². The predicted octanol–water partition coefficient (Wildman–Crippen LogP) is 4.98. The van der Waals surface area contributed by atoms with E-state index in [1.165, 1.54) is 7.11 Å². The molecule has 0 saturated heterocycles. The zero-order valence-electron chi connectivity index (χ0n) is 15.3. The van der Waals surface area contributed by atoms with Gasteiger partial charge in [-0.1, -0.05) is 60.7 Å². The molecule has 136 valence electrons. The van der Waals surface area contributed by atoms with Gasteiger partial charge in [0.25, 0.3) is 0 Å². The van der Waals surface area contributed by atoms with Gasteiger partial charge in [0, 0.05) is 12.7 Å². The third-order valence-corrected chi connectivity index (χ3v) is 4.27. The molecule has 3 aromatic carbocycles. The van der Waals surface area contributed by atoms with Gasteiger partial charge in [0.05, 0.1) is 5.56 Å². The van der Waals surface area contributed by atoms with Gasteiger partial charge in [-0.3, -0.25) is 4.79 Å². The summed E-state index contributed by atoms with van der Waals surface area (Å²) in [4.78, 5) is 23.2. The molecule has 3 aromatic rings. The van der Waals surface area contributed by atoms with Gasteiger partial charge in [-0.2, -0.15) is 0 Å². The highest BCUT2D eigenvalue weighted by Gasteiger charge is 2.07. The van der Waals surface area contributed by atoms with E-state index in [1.54, 1.807) is 19.1 Å². The van der Waals surface area contributed by atoms with Gasteiger partial charge in [0.15, 0.2) is 12.6 Å². The second kappa shape index (κ2) is 8.43. The molecule has 0 aliphatic rings. The number of ketones is 1. The molecule has 0 atom stereocenters. The van der Waals surface area contributed by atoms with Crippen LogP contribution in [0.5, 0.6) is 0 Å². The van der Waals surface area contributed by atoms with Gasteiger partial charge in [-0.25, -0.2) is 4.79 Å². The summed E-state index contributed by atoms with van der Waals surface area (Å²) in [5.41, 5.74) is 5.39. The Bertz CT molecular complexity index is 924. The van der Waals surface area contributed by atoms with Crippen molar-refractivity contribution in [3.05, 3.63) is 83.9 Å². The van der Waals surface area contributed by atoms with E-state index in [-0.39, 0.29) is 12.6 Å². The quantitative estimate of drug-likeness (QED) is 0.353. The molecule has 0 saturated carbocycles. The lowest BCUT2D eigenvalue weighted by Gasteiger charge is -2.07. The van der Waals surface area contributed by atoms with Crippen LogP contribution in [0, 0.1) is 0 Å². The number of methoxy groups -OCH3 is 1. The van der Waals surface area contributed by atoms with E-state index in [1.807, 2.05) is 60.7 Å². The Morgan fingerprint density at radius 2 is 1.04 bits per heavy atom. The minimum absolute atomic E-state index is 0.0601. The maximum atomic E-state index is 11.8. The number of esters is 1. The smallest absolute Gasteiger partial charge is 0.340 e. The van der Waals surface area contributed by atoms with Crippen molar-refractivity contribution in [2.24, 2.45) is 0 Å². The summed E-state index contributed by atoms with van der Waals surface area (Å²) >= 11 is 0. The van der Waals surface area contributed by atoms with E-state index in [4.69, 9.17) is 9.47 Å². The molecule has 3 rings (SSSR count). The lowest BCUT2D eigenvalue weighted by atomic mass is 9.98. The molecule has 0 radical (unpaired) electrons. The fourth-order valence-electron chi connectivity index (χ4n) is 2.75. The molecule has 0 aliphatic heterocycles. The zero-order valence-corrected chi connectivity index (χ0v) is 15.3. The number of rotatable bonds is 6. The Balaban J connectivity index is 1.75. The molecule has 0 aliphatic carbocycles. The summed E-state index contributed by atoms with van der Waals surface area (Å²) in [6.07, 6.45) is 0. The number of Topliss-reactive ketones (excluding diaryl/α,β-unsaturated/α-hetero) is 1. The summed E-state index contributed by atoms with van der Waals surface area (Å²) in [5, 5.41) is 0. The fourth-order valence-corrected chi connectivity index (χ4v) is 2.75. The number of carbonyl (C=O) groups excluding carboxylic acids is 2. The predicted molar refractivity (Wildman–Crippen MR) is 105 cm³/mol. The minimum atomic E-state index is -0.409. The molecule has 27 heavy (non-hydrogen) atoms. The topological polar surface area (TPSA) is 52.6 Å². The first-order valence-corrected chi connectivity index (χ1v) is 8.56. The largest absolute Gasteiger partial charge is 0.435 e. The third-order valence-electron chi connectivity index (χ3n) is 4.27. The average molecular weight is 360 g/mol. The van der Waals surface area contributed by atoms with Gasteiger partial charge in [0.1, 0.15) is 0 Å². The maximum Gasteiger partial charge on any atom is 0.340 e. The van der Waals surface area contributed by atoms with Crippen LogP contribution in [0.2, 0.25) is 0 Å². The van der Waals surface area contributed by atoms with Crippen molar-refractivity contribution in [3.8, 4) is 22.3 Å². The average Bonchev–Trinajstić information content (AvgIpc) is 2.72. The van der Waals surface area contributed by atoms with Crippen molar-refractivity contribution in [3.63, 3.8) is 0 Å². The van der Waals surface area contributed by atoms with E-state index in [2.05, 4.69) is 0 Å². The second-order valence-corrected chi connectivity index (χ2v) is 6.13. The molecule has 0 fully saturated rings. The Hall–Kier alpha value is -3.24. The van der Waals surface area contributed by atoms with Crippen LogP contribution < -0.4 is 0 Å². The van der Waals surface area contributed by atoms with Crippen LogP contribution in [0.15, 0.2) is 72.8 Å². The number of hydrogen-bond donors (Lipinski definition) is 0. The standard InChI is InChI=1S/C23H20O4/c1-16(24)17-3-5-18(6-4-17)19-7-9-20(10-8-19)21-11-13-22(14-12-21)23(25)27-15-26-2/h3-14H,15H2,1-2H3. The third kappa shape index (κ3) is 4.49. The highest BCUT2D eigenvalue weighted by atomic mass is 16.7. The van der Waals surface area contributed by atoms with Crippen molar-refractivity contribution in [1.29, 1.82) is 0 Å². The molecule has 0 aromatic heterocycles. The first-order valence-electron chi connectivity index (χ1n) is 8.56. The van der Waals surface area contributed by atoms with Crippen molar-refractivity contribution < 1.29 is 19.1 Å². The monoisotopic (exact) mass is 360 g/mol. The summed E-state index contributed by atoms with van der Waals surface area (Å²) in [5.74, 6) is -0.348. The molecule has 0 amide bonds. The van der Waals surface area contributed by atoms with E-state index >= 15 is 0 Å². The molecule has 0 heterocycles. The molecular formula is C23H20O4. The maximum absolute atomic E-state index is 11.8. The van der Waals surface area contributed by atoms with E-state index in [0.717, 1.165) is 22.3 Å². The SMILES string of the molecule is COCOC(=O)c1ccc(-c2ccc(-c3ccc(C(C)=O)cc3)cc2)cc1. The minimum Gasteiger partial charge on any atom is -0.435 e. The number of carbonyl (C=O) groups is 2.